The molecule has 0 radical (unpaired) electrons. The zero-order valence-corrected chi connectivity index (χ0v) is 13.9. The van der Waals surface area contributed by atoms with Gasteiger partial charge in [0.1, 0.15) is 0 Å². The highest BCUT2D eigenvalue weighted by Gasteiger charge is 2.24. The molecule has 0 unspecified atom stereocenters. The minimum Gasteiger partial charge on any atom is -0.135 e. The fraction of sp³-hybridized carbons (Fsp3) is 0.0435. The Morgan fingerprint density at radius 2 is 1.33 bits per heavy atom. The Bertz CT molecular complexity index is 1270. The second-order valence-electron chi connectivity index (χ2n) is 6.57. The molecule has 1 heteroatoms. The van der Waals surface area contributed by atoms with Crippen LogP contribution in [0.3, 0.4) is 0 Å². The van der Waals surface area contributed by atoms with Crippen molar-refractivity contribution in [3.05, 3.63) is 83.9 Å². The Morgan fingerprint density at radius 3 is 2.29 bits per heavy atom. The topological polar surface area (TPSA) is 0 Å². The maximum Gasteiger partial charge on any atom is 0.0437 e. The lowest BCUT2D eigenvalue weighted by Gasteiger charge is -2.07. The summed E-state index contributed by atoms with van der Waals surface area (Å²) in [5.41, 5.74) is 5.87. The molecule has 5 aromatic rings. The first kappa shape index (κ1) is 12.7. The molecule has 0 aliphatic heterocycles. The number of hydrogen-bond acceptors (Lipinski definition) is 1. The van der Waals surface area contributed by atoms with Crippen LogP contribution in [0.15, 0.2) is 72.8 Å². The van der Waals surface area contributed by atoms with E-state index >= 15 is 0 Å². The van der Waals surface area contributed by atoms with E-state index in [2.05, 4.69) is 72.8 Å². The molecular formula is C23H14S. The molecule has 4 aromatic carbocycles. The zero-order chi connectivity index (χ0) is 15.7. The van der Waals surface area contributed by atoms with Crippen LogP contribution < -0.4 is 0 Å². The van der Waals surface area contributed by atoms with Crippen molar-refractivity contribution in [2.24, 2.45) is 0 Å². The van der Waals surface area contributed by atoms with E-state index in [9.17, 15) is 0 Å². The fourth-order valence-corrected chi connectivity index (χ4v) is 5.49. The summed E-state index contributed by atoms with van der Waals surface area (Å²) in [6.45, 7) is 0. The Hall–Kier alpha value is -2.64. The monoisotopic (exact) mass is 322 g/mol. The highest BCUT2D eigenvalue weighted by Crippen LogP contribution is 2.48. The van der Waals surface area contributed by atoms with Gasteiger partial charge in [0.05, 0.1) is 0 Å². The second-order valence-corrected chi connectivity index (χ2v) is 7.62. The van der Waals surface area contributed by atoms with E-state index in [-0.39, 0.29) is 0 Å². The minimum atomic E-state index is 1.06. The van der Waals surface area contributed by atoms with E-state index in [1.54, 1.807) is 0 Å². The quantitative estimate of drug-likeness (QED) is 0.289. The molecule has 0 bridgehead atoms. The van der Waals surface area contributed by atoms with Gasteiger partial charge in [0, 0.05) is 25.7 Å². The third kappa shape index (κ3) is 1.53. The third-order valence-electron chi connectivity index (χ3n) is 5.28. The molecule has 24 heavy (non-hydrogen) atoms. The second kappa shape index (κ2) is 4.46. The van der Waals surface area contributed by atoms with Crippen LogP contribution in [-0.2, 0) is 6.42 Å². The number of benzene rings is 4. The molecule has 0 spiro atoms. The molecule has 6 rings (SSSR count). The normalized spacial score (nSPS) is 12.8. The van der Waals surface area contributed by atoms with Crippen LogP contribution in [0.4, 0.5) is 0 Å². The summed E-state index contributed by atoms with van der Waals surface area (Å²) in [4.78, 5) is 0. The van der Waals surface area contributed by atoms with E-state index in [1.165, 1.54) is 53.2 Å². The summed E-state index contributed by atoms with van der Waals surface area (Å²) >= 11 is 1.94. The van der Waals surface area contributed by atoms with Gasteiger partial charge < -0.3 is 0 Å². The lowest BCUT2D eigenvalue weighted by molar-refractivity contribution is 1.27. The molecule has 0 saturated carbocycles. The van der Waals surface area contributed by atoms with Gasteiger partial charge in [0.25, 0.3) is 0 Å². The van der Waals surface area contributed by atoms with E-state index in [4.69, 9.17) is 0 Å². The number of hydrogen-bond donors (Lipinski definition) is 0. The molecule has 1 aliphatic rings. The number of rotatable bonds is 0. The molecule has 1 aliphatic carbocycles. The average molecular weight is 322 g/mol. The van der Waals surface area contributed by atoms with Crippen molar-refractivity contribution in [3.63, 3.8) is 0 Å². The maximum absolute atomic E-state index is 2.34. The summed E-state index contributed by atoms with van der Waals surface area (Å²) in [6, 6.07) is 26.8. The van der Waals surface area contributed by atoms with Crippen molar-refractivity contribution in [1.29, 1.82) is 0 Å². The van der Waals surface area contributed by atoms with Crippen molar-refractivity contribution < 1.29 is 0 Å². The van der Waals surface area contributed by atoms with Crippen molar-refractivity contribution in [2.45, 2.75) is 6.42 Å². The molecule has 0 saturated heterocycles. The average Bonchev–Trinajstić information content (AvgIpc) is 3.19. The van der Waals surface area contributed by atoms with Crippen molar-refractivity contribution in [1.82, 2.24) is 0 Å². The fourth-order valence-electron chi connectivity index (χ4n) is 4.22. The van der Waals surface area contributed by atoms with Crippen molar-refractivity contribution >= 4 is 42.3 Å². The summed E-state index contributed by atoms with van der Waals surface area (Å²) in [6.07, 6.45) is 1.06. The highest BCUT2D eigenvalue weighted by molar-refractivity contribution is 7.26. The number of thiophene rings is 1. The molecule has 1 aromatic heterocycles. The van der Waals surface area contributed by atoms with Gasteiger partial charge in [-0.2, -0.15) is 0 Å². The van der Waals surface area contributed by atoms with E-state index in [1.807, 2.05) is 11.3 Å². The molecule has 0 nitrogen and oxygen atoms in total. The van der Waals surface area contributed by atoms with Crippen LogP contribution in [0.5, 0.6) is 0 Å². The van der Waals surface area contributed by atoms with E-state index in [0.717, 1.165) is 6.42 Å². The van der Waals surface area contributed by atoms with Gasteiger partial charge in [0.2, 0.25) is 0 Å². The summed E-state index contributed by atoms with van der Waals surface area (Å²) < 4.78 is 2.83. The van der Waals surface area contributed by atoms with Gasteiger partial charge in [-0.1, -0.05) is 66.7 Å². The predicted molar refractivity (Wildman–Crippen MR) is 105 cm³/mol. The Labute approximate surface area is 144 Å². The van der Waals surface area contributed by atoms with Crippen LogP contribution in [0.2, 0.25) is 0 Å². The van der Waals surface area contributed by atoms with E-state index < -0.39 is 0 Å². The molecule has 0 fully saturated rings. The summed E-state index contributed by atoms with van der Waals surface area (Å²) in [5.74, 6) is 0. The number of fused-ring (bicyclic) bond motifs is 9. The Kier molecular flexibility index (Phi) is 2.37. The van der Waals surface area contributed by atoms with Gasteiger partial charge in [0.15, 0.2) is 0 Å². The summed E-state index contributed by atoms with van der Waals surface area (Å²) in [5, 5.41) is 5.50. The van der Waals surface area contributed by atoms with Gasteiger partial charge in [-0.3, -0.25) is 0 Å². The molecule has 0 atom stereocenters. The van der Waals surface area contributed by atoms with Crippen LogP contribution >= 0.6 is 11.3 Å². The molecular weight excluding hydrogens is 308 g/mol. The third-order valence-corrected chi connectivity index (χ3v) is 6.48. The smallest absolute Gasteiger partial charge is 0.0437 e. The largest absolute Gasteiger partial charge is 0.135 e. The van der Waals surface area contributed by atoms with E-state index in [0.29, 0.717) is 0 Å². The lowest BCUT2D eigenvalue weighted by Crippen LogP contribution is -1.82. The predicted octanol–water partition coefficient (Wildman–Crippen LogP) is 6.78. The molecule has 0 amide bonds. The first-order valence-corrected chi connectivity index (χ1v) is 9.16. The van der Waals surface area contributed by atoms with Gasteiger partial charge in [-0.25, -0.2) is 0 Å². The van der Waals surface area contributed by atoms with Crippen LogP contribution in [0.25, 0.3) is 42.1 Å². The van der Waals surface area contributed by atoms with Crippen LogP contribution in [-0.4, -0.2) is 0 Å². The van der Waals surface area contributed by atoms with Gasteiger partial charge >= 0.3 is 0 Å². The highest BCUT2D eigenvalue weighted by atomic mass is 32.1. The lowest BCUT2D eigenvalue weighted by atomic mass is 9.97. The standard InChI is InChI=1S/C23H14S/c1-2-6-17-14(5-1)9-10-15-13-16-11-12-19-18-7-3-4-8-20(18)24-23(19)22(16)21(15)17/h1-12H,13H2. The minimum absolute atomic E-state index is 1.06. The Balaban J connectivity index is 1.84. The zero-order valence-electron chi connectivity index (χ0n) is 13.0. The first-order chi connectivity index (χ1) is 11.9. The van der Waals surface area contributed by atoms with Crippen molar-refractivity contribution in [2.75, 3.05) is 0 Å². The molecule has 0 N–H and O–H groups in total. The maximum atomic E-state index is 2.34. The summed E-state index contributed by atoms with van der Waals surface area (Å²) in [7, 11) is 0. The first-order valence-electron chi connectivity index (χ1n) is 8.34. The van der Waals surface area contributed by atoms with Crippen LogP contribution in [0, 0.1) is 0 Å². The van der Waals surface area contributed by atoms with Crippen molar-refractivity contribution in [3.8, 4) is 11.1 Å². The molecule has 112 valence electrons. The SMILES string of the molecule is c1ccc2c3c(ccc2c1)Cc1ccc2c(sc4ccccc42)c1-3. The molecule has 1 heterocycles. The van der Waals surface area contributed by atoms with Gasteiger partial charge in [-0.05, 0) is 39.9 Å². The van der Waals surface area contributed by atoms with Crippen LogP contribution in [0.1, 0.15) is 11.1 Å². The van der Waals surface area contributed by atoms with Gasteiger partial charge in [-0.15, -0.1) is 11.3 Å². The Morgan fingerprint density at radius 1 is 0.583 bits per heavy atom.